The number of likely N-dealkylation sites (tertiary alicyclic amines) is 1. The van der Waals surface area contributed by atoms with Gasteiger partial charge in [0.25, 0.3) is 0 Å². The lowest BCUT2D eigenvalue weighted by molar-refractivity contribution is -0.132. The number of benzene rings is 2. The van der Waals surface area contributed by atoms with Crippen molar-refractivity contribution in [1.29, 1.82) is 0 Å². The van der Waals surface area contributed by atoms with E-state index in [1.807, 2.05) is 6.07 Å². The van der Waals surface area contributed by atoms with E-state index in [-0.39, 0.29) is 18.3 Å². The molecule has 0 aromatic heterocycles. The smallest absolute Gasteiger partial charge is 0.226 e. The molecule has 128 valence electrons. The Kier molecular flexibility index (Phi) is 5.12. The Morgan fingerprint density at radius 1 is 1.04 bits per heavy atom. The van der Waals surface area contributed by atoms with E-state index >= 15 is 0 Å². The van der Waals surface area contributed by atoms with Gasteiger partial charge in [0, 0.05) is 19.6 Å². The minimum absolute atomic E-state index is 0. The zero-order chi connectivity index (χ0) is 15.7. The highest BCUT2D eigenvalue weighted by Crippen LogP contribution is 2.37. The molecule has 4 heteroatoms. The molecular formula is C20H25ClN2O. The molecule has 0 unspecified atom stereocenters. The fraction of sp³-hybridized carbons (Fsp3) is 0.450. The molecule has 2 aromatic carbocycles. The van der Waals surface area contributed by atoms with Crippen LogP contribution in [0, 0.1) is 5.41 Å². The van der Waals surface area contributed by atoms with Crippen LogP contribution in [-0.2, 0) is 11.2 Å². The molecule has 2 heterocycles. The molecular weight excluding hydrogens is 320 g/mol. The van der Waals surface area contributed by atoms with Gasteiger partial charge in [0.2, 0.25) is 5.91 Å². The second-order valence-electron chi connectivity index (χ2n) is 7.17. The number of amides is 1. The predicted octanol–water partition coefficient (Wildman–Crippen LogP) is 3.41. The Bertz CT molecular complexity index is 714. The van der Waals surface area contributed by atoms with Crippen LogP contribution in [-0.4, -0.2) is 37.0 Å². The van der Waals surface area contributed by atoms with E-state index in [1.54, 1.807) is 0 Å². The average Bonchev–Trinajstić information content (AvgIpc) is 3.03. The maximum Gasteiger partial charge on any atom is 0.226 e. The van der Waals surface area contributed by atoms with Crippen molar-refractivity contribution in [3.8, 4) is 0 Å². The molecule has 4 rings (SSSR count). The van der Waals surface area contributed by atoms with Crippen molar-refractivity contribution in [2.45, 2.75) is 25.7 Å². The number of nitrogens with one attached hydrogen (secondary N) is 1. The normalized spacial score (nSPS) is 19.4. The summed E-state index contributed by atoms with van der Waals surface area (Å²) in [6.45, 7) is 4.13. The molecule has 2 fully saturated rings. The summed E-state index contributed by atoms with van der Waals surface area (Å²) in [5.41, 5.74) is 1.59. The van der Waals surface area contributed by atoms with Gasteiger partial charge in [-0.1, -0.05) is 42.5 Å². The molecule has 24 heavy (non-hydrogen) atoms. The highest BCUT2D eigenvalue weighted by Gasteiger charge is 2.37. The quantitative estimate of drug-likeness (QED) is 0.905. The molecule has 1 N–H and O–H groups in total. The van der Waals surface area contributed by atoms with Gasteiger partial charge in [-0.2, -0.15) is 0 Å². The van der Waals surface area contributed by atoms with Crippen LogP contribution in [0.1, 0.15) is 24.8 Å². The van der Waals surface area contributed by atoms with Crippen LogP contribution in [0.15, 0.2) is 42.5 Å². The lowest BCUT2D eigenvalue weighted by Gasteiger charge is -2.39. The van der Waals surface area contributed by atoms with Crippen LogP contribution in [0.5, 0.6) is 0 Å². The topological polar surface area (TPSA) is 32.3 Å². The van der Waals surface area contributed by atoms with Gasteiger partial charge >= 0.3 is 0 Å². The average molecular weight is 345 g/mol. The Balaban J connectivity index is 0.00000169. The van der Waals surface area contributed by atoms with E-state index in [9.17, 15) is 4.79 Å². The minimum atomic E-state index is 0. The van der Waals surface area contributed by atoms with Crippen molar-refractivity contribution in [3.05, 3.63) is 48.0 Å². The molecule has 2 saturated heterocycles. The third-order valence-corrected chi connectivity index (χ3v) is 5.68. The summed E-state index contributed by atoms with van der Waals surface area (Å²) in [6, 6.07) is 14.7. The largest absolute Gasteiger partial charge is 0.342 e. The van der Waals surface area contributed by atoms with Crippen LogP contribution >= 0.6 is 12.4 Å². The molecule has 0 saturated carbocycles. The van der Waals surface area contributed by atoms with Gasteiger partial charge in [-0.15, -0.1) is 12.4 Å². The highest BCUT2D eigenvalue weighted by atomic mass is 35.5. The maximum absolute atomic E-state index is 12.6. The molecule has 0 radical (unpaired) electrons. The molecule has 0 atom stereocenters. The zero-order valence-electron chi connectivity index (χ0n) is 14.0. The molecule has 0 bridgehead atoms. The second-order valence-corrected chi connectivity index (χ2v) is 7.17. The number of hydrogen-bond donors (Lipinski definition) is 1. The van der Waals surface area contributed by atoms with Gasteiger partial charge in [-0.3, -0.25) is 4.79 Å². The van der Waals surface area contributed by atoms with E-state index in [0.29, 0.717) is 11.8 Å². The van der Waals surface area contributed by atoms with Gasteiger partial charge in [0.05, 0.1) is 6.42 Å². The van der Waals surface area contributed by atoms with Crippen molar-refractivity contribution in [2.24, 2.45) is 5.41 Å². The number of piperidine rings is 1. The van der Waals surface area contributed by atoms with Crippen molar-refractivity contribution in [2.75, 3.05) is 26.2 Å². The number of halogens is 1. The van der Waals surface area contributed by atoms with Crippen LogP contribution < -0.4 is 5.32 Å². The Labute approximate surface area is 149 Å². The first-order valence-corrected chi connectivity index (χ1v) is 8.70. The number of rotatable bonds is 2. The number of nitrogens with zero attached hydrogens (tertiary/aromatic N) is 1. The molecule has 2 aliphatic heterocycles. The summed E-state index contributed by atoms with van der Waals surface area (Å²) < 4.78 is 0. The third-order valence-electron chi connectivity index (χ3n) is 5.68. The van der Waals surface area contributed by atoms with Crippen LogP contribution in [0.4, 0.5) is 0 Å². The lowest BCUT2D eigenvalue weighted by atomic mass is 9.78. The number of carbonyl (C=O) groups is 1. The fourth-order valence-corrected chi connectivity index (χ4v) is 4.09. The standard InChI is InChI=1S/C20H24N2O.ClH/c23-19(22-11-8-20(9-12-22)7-10-21-15-20)14-16-5-6-17-3-1-2-4-18(17)13-16;/h1-6,13,21H,7-12,14-15H2;1H. The van der Waals surface area contributed by atoms with Crippen LogP contribution in [0.3, 0.4) is 0 Å². The Hall–Kier alpha value is -1.58. The third kappa shape index (κ3) is 3.42. The first-order valence-electron chi connectivity index (χ1n) is 8.70. The van der Waals surface area contributed by atoms with E-state index in [0.717, 1.165) is 44.6 Å². The fourth-order valence-electron chi connectivity index (χ4n) is 4.09. The molecule has 0 aliphatic carbocycles. The van der Waals surface area contributed by atoms with Crippen molar-refractivity contribution < 1.29 is 4.79 Å². The van der Waals surface area contributed by atoms with Crippen LogP contribution in [0.2, 0.25) is 0 Å². The van der Waals surface area contributed by atoms with Crippen molar-refractivity contribution in [1.82, 2.24) is 10.2 Å². The SMILES string of the molecule is Cl.O=C(Cc1ccc2ccccc2c1)N1CCC2(CCNC2)CC1. The molecule has 1 amide bonds. The maximum atomic E-state index is 12.6. The zero-order valence-corrected chi connectivity index (χ0v) is 14.8. The monoisotopic (exact) mass is 344 g/mol. The Morgan fingerprint density at radius 2 is 1.79 bits per heavy atom. The van der Waals surface area contributed by atoms with Crippen molar-refractivity contribution in [3.63, 3.8) is 0 Å². The highest BCUT2D eigenvalue weighted by molar-refractivity contribution is 5.86. The predicted molar refractivity (Wildman–Crippen MR) is 101 cm³/mol. The summed E-state index contributed by atoms with van der Waals surface area (Å²) in [6.07, 6.45) is 4.11. The minimum Gasteiger partial charge on any atom is -0.342 e. The number of fused-ring (bicyclic) bond motifs is 1. The number of hydrogen-bond acceptors (Lipinski definition) is 2. The van der Waals surface area contributed by atoms with Gasteiger partial charge in [0.15, 0.2) is 0 Å². The van der Waals surface area contributed by atoms with E-state index in [2.05, 4.69) is 46.6 Å². The van der Waals surface area contributed by atoms with Crippen LogP contribution in [0.25, 0.3) is 10.8 Å². The summed E-state index contributed by atoms with van der Waals surface area (Å²) >= 11 is 0. The second kappa shape index (κ2) is 7.12. The van der Waals surface area contributed by atoms with Gasteiger partial charge in [0.1, 0.15) is 0 Å². The van der Waals surface area contributed by atoms with Gasteiger partial charge in [-0.05, 0) is 47.6 Å². The van der Waals surface area contributed by atoms with E-state index in [1.165, 1.54) is 17.2 Å². The summed E-state index contributed by atoms with van der Waals surface area (Å²) in [7, 11) is 0. The molecule has 3 nitrogen and oxygen atoms in total. The van der Waals surface area contributed by atoms with E-state index < -0.39 is 0 Å². The van der Waals surface area contributed by atoms with Gasteiger partial charge < -0.3 is 10.2 Å². The molecule has 1 spiro atoms. The first-order chi connectivity index (χ1) is 11.2. The van der Waals surface area contributed by atoms with Gasteiger partial charge in [-0.25, -0.2) is 0 Å². The lowest BCUT2D eigenvalue weighted by Crippen LogP contribution is -2.44. The van der Waals surface area contributed by atoms with Crippen molar-refractivity contribution >= 4 is 29.1 Å². The summed E-state index contributed by atoms with van der Waals surface area (Å²) in [5, 5.41) is 5.93. The Morgan fingerprint density at radius 3 is 2.50 bits per heavy atom. The molecule has 2 aromatic rings. The number of carbonyl (C=O) groups excluding carboxylic acids is 1. The summed E-state index contributed by atoms with van der Waals surface area (Å²) in [4.78, 5) is 14.7. The molecule has 2 aliphatic rings. The van der Waals surface area contributed by atoms with E-state index in [4.69, 9.17) is 0 Å². The first kappa shape index (κ1) is 17.2. The summed E-state index contributed by atoms with van der Waals surface area (Å²) in [5.74, 6) is 0.279.